The number of rotatable bonds is 7. The molecular formula is C17H30N2O. The summed E-state index contributed by atoms with van der Waals surface area (Å²) in [4.78, 5) is 10.9. The highest BCUT2D eigenvalue weighted by Gasteiger charge is 1.97. The van der Waals surface area contributed by atoms with E-state index in [-0.39, 0.29) is 5.91 Å². The molecule has 114 valence electrons. The van der Waals surface area contributed by atoms with E-state index in [1.54, 1.807) is 0 Å². The lowest BCUT2D eigenvalue weighted by atomic mass is 10.1. The number of hydrogen-bond acceptors (Lipinski definition) is 2. The van der Waals surface area contributed by atoms with Crippen molar-refractivity contribution in [2.24, 2.45) is 5.73 Å². The third-order valence-corrected chi connectivity index (χ3v) is 2.87. The van der Waals surface area contributed by atoms with Crippen LogP contribution in [-0.4, -0.2) is 12.5 Å². The fourth-order valence-corrected chi connectivity index (χ4v) is 1.79. The fourth-order valence-electron chi connectivity index (χ4n) is 1.79. The molecule has 20 heavy (non-hydrogen) atoms. The zero-order chi connectivity index (χ0) is 15.2. The Morgan fingerprint density at radius 1 is 1.15 bits per heavy atom. The molecule has 0 aromatic heterocycles. The molecule has 0 spiro atoms. The molecule has 3 N–H and O–H groups in total. The number of amides is 1. The average molecular weight is 278 g/mol. The minimum atomic E-state index is -0.0132. The second-order valence-corrected chi connectivity index (χ2v) is 4.98. The van der Waals surface area contributed by atoms with Crippen LogP contribution in [0.15, 0.2) is 24.3 Å². The summed E-state index contributed by atoms with van der Waals surface area (Å²) < 4.78 is 0. The predicted molar refractivity (Wildman–Crippen MR) is 87.9 cm³/mol. The van der Waals surface area contributed by atoms with Gasteiger partial charge in [0.15, 0.2) is 0 Å². The average Bonchev–Trinajstić information content (AvgIpc) is 2.40. The van der Waals surface area contributed by atoms with Gasteiger partial charge in [-0.1, -0.05) is 45.2 Å². The maximum absolute atomic E-state index is 10.9. The number of nitrogens with one attached hydrogen (secondary N) is 1. The van der Waals surface area contributed by atoms with Crippen molar-refractivity contribution in [2.45, 2.75) is 59.3 Å². The van der Waals surface area contributed by atoms with Gasteiger partial charge in [-0.05, 0) is 43.5 Å². The first-order valence-electron chi connectivity index (χ1n) is 7.70. The minimum Gasteiger partial charge on any atom is -0.330 e. The molecule has 1 aromatic carbocycles. The summed E-state index contributed by atoms with van der Waals surface area (Å²) in [6, 6.07) is 8.08. The van der Waals surface area contributed by atoms with Crippen molar-refractivity contribution in [3.63, 3.8) is 0 Å². The standard InChI is InChI=1S/C13H19NO.C4H11N/c1-3-4-5-7-12-8-6-9-13(10-12)14-11(2)15;1-2-3-4-5/h6,8-10H,3-5,7H2,1-2H3,(H,14,15);2-5H2,1H3. The van der Waals surface area contributed by atoms with Crippen molar-refractivity contribution in [3.05, 3.63) is 29.8 Å². The van der Waals surface area contributed by atoms with Gasteiger partial charge in [-0.25, -0.2) is 0 Å². The number of carbonyl (C=O) groups excluding carboxylic acids is 1. The van der Waals surface area contributed by atoms with Crippen LogP contribution in [0.1, 0.15) is 58.4 Å². The van der Waals surface area contributed by atoms with Gasteiger partial charge in [0.25, 0.3) is 0 Å². The highest BCUT2D eigenvalue weighted by atomic mass is 16.1. The van der Waals surface area contributed by atoms with Gasteiger partial charge in [-0.2, -0.15) is 0 Å². The van der Waals surface area contributed by atoms with Gasteiger partial charge < -0.3 is 11.1 Å². The molecule has 0 fully saturated rings. The van der Waals surface area contributed by atoms with E-state index in [2.05, 4.69) is 31.3 Å². The largest absolute Gasteiger partial charge is 0.330 e. The van der Waals surface area contributed by atoms with Crippen LogP contribution < -0.4 is 11.1 Å². The molecule has 0 unspecified atom stereocenters. The van der Waals surface area contributed by atoms with Gasteiger partial charge in [-0.3, -0.25) is 4.79 Å². The summed E-state index contributed by atoms with van der Waals surface area (Å²) in [7, 11) is 0. The van der Waals surface area contributed by atoms with E-state index in [4.69, 9.17) is 5.73 Å². The topological polar surface area (TPSA) is 55.1 Å². The quantitative estimate of drug-likeness (QED) is 0.737. The van der Waals surface area contributed by atoms with E-state index in [0.717, 1.165) is 18.7 Å². The lowest BCUT2D eigenvalue weighted by Gasteiger charge is -2.05. The van der Waals surface area contributed by atoms with E-state index in [1.165, 1.54) is 44.6 Å². The van der Waals surface area contributed by atoms with Crippen LogP contribution in [0.4, 0.5) is 5.69 Å². The molecule has 0 bridgehead atoms. The van der Waals surface area contributed by atoms with E-state index in [9.17, 15) is 4.79 Å². The minimum absolute atomic E-state index is 0.0132. The second-order valence-electron chi connectivity index (χ2n) is 4.98. The molecule has 0 saturated carbocycles. The zero-order valence-electron chi connectivity index (χ0n) is 13.2. The molecule has 0 atom stereocenters. The Morgan fingerprint density at radius 2 is 1.85 bits per heavy atom. The van der Waals surface area contributed by atoms with Gasteiger partial charge >= 0.3 is 0 Å². The van der Waals surface area contributed by atoms with Crippen LogP contribution >= 0.6 is 0 Å². The molecule has 3 heteroatoms. The van der Waals surface area contributed by atoms with Gasteiger partial charge in [0.1, 0.15) is 0 Å². The monoisotopic (exact) mass is 278 g/mol. The molecular weight excluding hydrogens is 248 g/mol. The fraction of sp³-hybridized carbons (Fsp3) is 0.588. The normalized spacial score (nSPS) is 9.60. The molecule has 0 heterocycles. The Balaban J connectivity index is 0.000000621. The zero-order valence-corrected chi connectivity index (χ0v) is 13.2. The van der Waals surface area contributed by atoms with E-state index in [0.29, 0.717) is 0 Å². The number of anilines is 1. The Bertz CT molecular complexity index is 362. The van der Waals surface area contributed by atoms with Crippen molar-refractivity contribution in [1.82, 2.24) is 0 Å². The van der Waals surface area contributed by atoms with Crippen LogP contribution in [0, 0.1) is 0 Å². The van der Waals surface area contributed by atoms with Gasteiger partial charge in [0, 0.05) is 12.6 Å². The summed E-state index contributed by atoms with van der Waals surface area (Å²) in [6.45, 7) is 6.71. The van der Waals surface area contributed by atoms with Crippen molar-refractivity contribution in [2.75, 3.05) is 11.9 Å². The van der Waals surface area contributed by atoms with Crippen LogP contribution in [-0.2, 0) is 11.2 Å². The highest BCUT2D eigenvalue weighted by Crippen LogP contribution is 2.13. The summed E-state index contributed by atoms with van der Waals surface area (Å²) in [5, 5.41) is 2.80. The third-order valence-electron chi connectivity index (χ3n) is 2.87. The van der Waals surface area contributed by atoms with Crippen LogP contribution in [0.5, 0.6) is 0 Å². The van der Waals surface area contributed by atoms with Crippen molar-refractivity contribution < 1.29 is 4.79 Å². The Kier molecular flexibility index (Phi) is 11.8. The summed E-state index contributed by atoms with van der Waals surface area (Å²) >= 11 is 0. The van der Waals surface area contributed by atoms with Crippen molar-refractivity contribution in [3.8, 4) is 0 Å². The van der Waals surface area contributed by atoms with Crippen LogP contribution in [0.2, 0.25) is 0 Å². The first-order valence-corrected chi connectivity index (χ1v) is 7.70. The van der Waals surface area contributed by atoms with Gasteiger partial charge in [0.2, 0.25) is 5.91 Å². The Labute approximate surface area is 124 Å². The SMILES string of the molecule is CCCCCc1cccc(NC(C)=O)c1.CCCCN. The number of benzene rings is 1. The molecule has 1 rings (SSSR count). The van der Waals surface area contributed by atoms with E-state index < -0.39 is 0 Å². The number of aryl methyl sites for hydroxylation is 1. The number of hydrogen-bond donors (Lipinski definition) is 2. The summed E-state index contributed by atoms with van der Waals surface area (Å²) in [5.41, 5.74) is 7.34. The first kappa shape index (κ1) is 18.7. The molecule has 0 aliphatic carbocycles. The molecule has 0 aliphatic heterocycles. The second kappa shape index (κ2) is 12.7. The molecule has 1 aromatic rings. The summed E-state index contributed by atoms with van der Waals surface area (Å²) in [5.74, 6) is -0.0132. The smallest absolute Gasteiger partial charge is 0.221 e. The maximum atomic E-state index is 10.9. The molecule has 0 saturated heterocycles. The lowest BCUT2D eigenvalue weighted by Crippen LogP contribution is -2.05. The van der Waals surface area contributed by atoms with Gasteiger partial charge in [-0.15, -0.1) is 0 Å². The van der Waals surface area contributed by atoms with Gasteiger partial charge in [0.05, 0.1) is 0 Å². The van der Waals surface area contributed by atoms with Crippen molar-refractivity contribution in [1.29, 1.82) is 0 Å². The third kappa shape index (κ3) is 10.6. The lowest BCUT2D eigenvalue weighted by molar-refractivity contribution is -0.114. The Morgan fingerprint density at radius 3 is 2.35 bits per heavy atom. The predicted octanol–water partition coefficient (Wildman–Crippen LogP) is 4.12. The Hall–Kier alpha value is -1.35. The number of carbonyl (C=O) groups is 1. The molecule has 1 amide bonds. The molecule has 0 aliphatic rings. The summed E-state index contributed by atoms with van der Waals surface area (Å²) in [6.07, 6.45) is 7.22. The van der Waals surface area contributed by atoms with Crippen LogP contribution in [0.25, 0.3) is 0 Å². The first-order chi connectivity index (χ1) is 9.63. The maximum Gasteiger partial charge on any atom is 0.221 e. The molecule has 0 radical (unpaired) electrons. The van der Waals surface area contributed by atoms with Crippen LogP contribution in [0.3, 0.4) is 0 Å². The van der Waals surface area contributed by atoms with E-state index in [1.807, 2.05) is 12.1 Å². The molecule has 3 nitrogen and oxygen atoms in total. The van der Waals surface area contributed by atoms with Crippen molar-refractivity contribution >= 4 is 11.6 Å². The van der Waals surface area contributed by atoms with E-state index >= 15 is 0 Å². The highest BCUT2D eigenvalue weighted by molar-refractivity contribution is 5.88. The number of unbranched alkanes of at least 4 members (excludes halogenated alkanes) is 3. The number of nitrogens with two attached hydrogens (primary N) is 1.